The van der Waals surface area contributed by atoms with E-state index in [4.69, 9.17) is 5.73 Å². The number of nitrogens with two attached hydrogens (primary N) is 1. The minimum absolute atomic E-state index is 0. The molecule has 3 N–H and O–H groups in total. The second-order valence-corrected chi connectivity index (χ2v) is 5.53. The van der Waals surface area contributed by atoms with Crippen molar-refractivity contribution in [2.75, 3.05) is 19.7 Å². The van der Waals surface area contributed by atoms with Gasteiger partial charge in [0.2, 0.25) is 0 Å². The lowest BCUT2D eigenvalue weighted by Crippen LogP contribution is -2.49. The standard InChI is InChI=1S/C15H31N3O.ClH/c1-2-3-4-5-6-8-11-17-15(16)18-12-9-7-10-14(18)13-19;/h14,19H,2-13H2,1H3,(H2,16,17);1H. The van der Waals surface area contributed by atoms with Gasteiger partial charge in [-0.2, -0.15) is 0 Å². The van der Waals surface area contributed by atoms with E-state index in [0.29, 0.717) is 5.96 Å². The first-order valence-electron chi connectivity index (χ1n) is 7.97. The van der Waals surface area contributed by atoms with Crippen molar-refractivity contribution in [3.8, 4) is 0 Å². The first-order valence-corrected chi connectivity index (χ1v) is 7.97. The highest BCUT2D eigenvalue weighted by Gasteiger charge is 2.22. The highest BCUT2D eigenvalue weighted by Crippen LogP contribution is 2.16. The lowest BCUT2D eigenvalue weighted by Gasteiger charge is -2.35. The molecule has 0 amide bonds. The summed E-state index contributed by atoms with van der Waals surface area (Å²) in [7, 11) is 0. The summed E-state index contributed by atoms with van der Waals surface area (Å²) in [6.45, 7) is 4.19. The van der Waals surface area contributed by atoms with Gasteiger partial charge in [0.1, 0.15) is 0 Å². The number of rotatable bonds is 8. The summed E-state index contributed by atoms with van der Waals surface area (Å²) in [6.07, 6.45) is 11.0. The first-order chi connectivity index (χ1) is 9.29. The maximum absolute atomic E-state index is 9.35. The molecule has 1 heterocycles. The fourth-order valence-electron chi connectivity index (χ4n) is 2.67. The average Bonchev–Trinajstić information content (AvgIpc) is 2.46. The number of halogens is 1. The predicted molar refractivity (Wildman–Crippen MR) is 88.5 cm³/mol. The van der Waals surface area contributed by atoms with Crippen LogP contribution in [0.25, 0.3) is 0 Å². The molecule has 1 saturated heterocycles. The van der Waals surface area contributed by atoms with Crippen LogP contribution < -0.4 is 5.73 Å². The van der Waals surface area contributed by atoms with Crippen molar-refractivity contribution in [1.29, 1.82) is 0 Å². The van der Waals surface area contributed by atoms with Gasteiger partial charge in [-0.1, -0.05) is 39.0 Å². The van der Waals surface area contributed by atoms with E-state index in [1.54, 1.807) is 0 Å². The molecule has 0 aliphatic carbocycles. The molecule has 1 atom stereocenters. The molecule has 4 nitrogen and oxygen atoms in total. The Morgan fingerprint density at radius 3 is 2.60 bits per heavy atom. The largest absolute Gasteiger partial charge is 0.394 e. The Labute approximate surface area is 130 Å². The van der Waals surface area contributed by atoms with Gasteiger partial charge in [-0.15, -0.1) is 12.4 Å². The smallest absolute Gasteiger partial charge is 0.191 e. The topological polar surface area (TPSA) is 61.8 Å². The Bertz CT molecular complexity index is 262. The summed E-state index contributed by atoms with van der Waals surface area (Å²) in [5.74, 6) is 0.632. The zero-order valence-corrected chi connectivity index (χ0v) is 13.7. The maximum atomic E-state index is 9.35. The summed E-state index contributed by atoms with van der Waals surface area (Å²) in [6, 6.07) is 0.182. The van der Waals surface area contributed by atoms with Crippen molar-refractivity contribution in [3.05, 3.63) is 0 Å². The van der Waals surface area contributed by atoms with Gasteiger partial charge in [-0.3, -0.25) is 4.99 Å². The van der Waals surface area contributed by atoms with Crippen LogP contribution in [0.5, 0.6) is 0 Å². The minimum Gasteiger partial charge on any atom is -0.394 e. The summed E-state index contributed by atoms with van der Waals surface area (Å²) >= 11 is 0. The third kappa shape index (κ3) is 7.34. The van der Waals surface area contributed by atoms with Gasteiger partial charge >= 0.3 is 0 Å². The highest BCUT2D eigenvalue weighted by molar-refractivity contribution is 5.85. The number of nitrogens with zero attached hydrogens (tertiary/aromatic N) is 2. The molecule has 0 aromatic carbocycles. The molecule has 1 fully saturated rings. The predicted octanol–water partition coefficient (Wildman–Crippen LogP) is 2.93. The van der Waals surface area contributed by atoms with Crippen LogP contribution in [0.1, 0.15) is 64.7 Å². The monoisotopic (exact) mass is 305 g/mol. The van der Waals surface area contributed by atoms with Gasteiger partial charge in [0.15, 0.2) is 5.96 Å². The molecule has 0 saturated carbocycles. The Morgan fingerprint density at radius 1 is 1.20 bits per heavy atom. The van der Waals surface area contributed by atoms with E-state index < -0.39 is 0 Å². The molecule has 120 valence electrons. The summed E-state index contributed by atoms with van der Waals surface area (Å²) in [5.41, 5.74) is 6.04. The number of unbranched alkanes of at least 4 members (excludes halogenated alkanes) is 5. The molecule has 1 aliphatic heterocycles. The maximum Gasteiger partial charge on any atom is 0.191 e. The van der Waals surface area contributed by atoms with Gasteiger partial charge in [-0.25, -0.2) is 0 Å². The SMILES string of the molecule is CCCCCCCCN=C(N)N1CCCCC1CO.Cl. The molecule has 0 spiro atoms. The van der Waals surface area contributed by atoms with Gasteiger partial charge < -0.3 is 15.7 Å². The molecule has 5 heteroatoms. The second kappa shape index (κ2) is 12.3. The summed E-state index contributed by atoms with van der Waals surface area (Å²) < 4.78 is 0. The van der Waals surface area contributed by atoms with E-state index in [1.165, 1.54) is 38.5 Å². The second-order valence-electron chi connectivity index (χ2n) is 5.53. The van der Waals surface area contributed by atoms with Crippen LogP contribution in [-0.4, -0.2) is 41.7 Å². The fourth-order valence-corrected chi connectivity index (χ4v) is 2.67. The number of piperidine rings is 1. The number of aliphatic hydroxyl groups is 1. The van der Waals surface area contributed by atoms with Crippen LogP contribution in [0.2, 0.25) is 0 Å². The number of hydrogen-bond donors (Lipinski definition) is 2. The molecule has 20 heavy (non-hydrogen) atoms. The van der Waals surface area contributed by atoms with Crippen molar-refractivity contribution in [3.63, 3.8) is 0 Å². The third-order valence-electron chi connectivity index (χ3n) is 3.92. The number of hydrogen-bond acceptors (Lipinski definition) is 2. The molecule has 1 rings (SSSR count). The Morgan fingerprint density at radius 2 is 1.90 bits per heavy atom. The first kappa shape index (κ1) is 19.5. The van der Waals surface area contributed by atoms with E-state index in [2.05, 4.69) is 16.8 Å². The number of likely N-dealkylation sites (tertiary alicyclic amines) is 1. The normalized spacial score (nSPS) is 19.8. The lowest BCUT2D eigenvalue weighted by molar-refractivity contribution is 0.145. The molecule has 0 bridgehead atoms. The molecular weight excluding hydrogens is 274 g/mol. The highest BCUT2D eigenvalue weighted by atomic mass is 35.5. The third-order valence-corrected chi connectivity index (χ3v) is 3.92. The zero-order valence-electron chi connectivity index (χ0n) is 12.9. The quantitative estimate of drug-likeness (QED) is 0.412. The minimum atomic E-state index is 0. The van der Waals surface area contributed by atoms with E-state index in [1.807, 2.05) is 0 Å². The van der Waals surface area contributed by atoms with Crippen LogP contribution in [0.3, 0.4) is 0 Å². The van der Waals surface area contributed by atoms with E-state index in [-0.39, 0.29) is 25.1 Å². The molecule has 0 aromatic rings. The van der Waals surface area contributed by atoms with Gasteiger partial charge in [0.05, 0.1) is 12.6 Å². The molecule has 1 aliphatic rings. The van der Waals surface area contributed by atoms with Crippen molar-refractivity contribution >= 4 is 18.4 Å². The van der Waals surface area contributed by atoms with Crippen molar-refractivity contribution < 1.29 is 5.11 Å². The average molecular weight is 306 g/mol. The van der Waals surface area contributed by atoms with Crippen LogP contribution in [0.15, 0.2) is 4.99 Å². The van der Waals surface area contributed by atoms with Gasteiger partial charge in [-0.05, 0) is 25.7 Å². The van der Waals surface area contributed by atoms with Gasteiger partial charge in [0, 0.05) is 13.1 Å². The van der Waals surface area contributed by atoms with Crippen LogP contribution in [0, 0.1) is 0 Å². The Kier molecular flexibility index (Phi) is 12.0. The zero-order chi connectivity index (χ0) is 13.9. The van der Waals surface area contributed by atoms with E-state index >= 15 is 0 Å². The lowest BCUT2D eigenvalue weighted by atomic mass is 10.0. The molecule has 0 aromatic heterocycles. The van der Waals surface area contributed by atoms with Crippen LogP contribution in [0.4, 0.5) is 0 Å². The number of guanidine groups is 1. The molecule has 1 unspecified atom stereocenters. The van der Waals surface area contributed by atoms with E-state index in [0.717, 1.165) is 32.4 Å². The van der Waals surface area contributed by atoms with Crippen molar-refractivity contribution in [2.45, 2.75) is 70.8 Å². The molecular formula is C15H32ClN3O. The summed E-state index contributed by atoms with van der Waals surface area (Å²) in [5, 5.41) is 9.35. The van der Waals surface area contributed by atoms with Gasteiger partial charge in [0.25, 0.3) is 0 Å². The van der Waals surface area contributed by atoms with Crippen LogP contribution in [-0.2, 0) is 0 Å². The fraction of sp³-hybridized carbons (Fsp3) is 0.933. The summed E-state index contributed by atoms with van der Waals surface area (Å²) in [4.78, 5) is 6.56. The number of aliphatic imine (C=N–C) groups is 1. The Balaban J connectivity index is 0.00000361. The van der Waals surface area contributed by atoms with Crippen molar-refractivity contribution in [1.82, 2.24) is 4.90 Å². The van der Waals surface area contributed by atoms with E-state index in [9.17, 15) is 5.11 Å². The Hall–Kier alpha value is -0.480. The number of aliphatic hydroxyl groups excluding tert-OH is 1. The van der Waals surface area contributed by atoms with Crippen molar-refractivity contribution in [2.24, 2.45) is 10.7 Å². The molecule has 0 radical (unpaired) electrons. The van der Waals surface area contributed by atoms with Crippen LogP contribution >= 0.6 is 12.4 Å².